The highest BCUT2D eigenvalue weighted by atomic mass is 16.4. The summed E-state index contributed by atoms with van der Waals surface area (Å²) in [6.45, 7) is 8.12. The molecule has 2 N–H and O–H groups in total. The zero-order chi connectivity index (χ0) is 15.2. The van der Waals surface area contributed by atoms with Crippen LogP contribution in [-0.4, -0.2) is 35.7 Å². The van der Waals surface area contributed by atoms with Gasteiger partial charge in [0, 0.05) is 13.1 Å². The number of benzene rings is 1. The van der Waals surface area contributed by atoms with Crippen molar-refractivity contribution in [3.05, 3.63) is 35.4 Å². The molecule has 116 valence electrons. The average molecular weight is 290 g/mol. The molecule has 1 aliphatic heterocycles. The van der Waals surface area contributed by atoms with Gasteiger partial charge in [-0.25, -0.2) is 4.79 Å². The van der Waals surface area contributed by atoms with Crippen LogP contribution in [0, 0.1) is 5.92 Å². The van der Waals surface area contributed by atoms with Crippen LogP contribution in [0.2, 0.25) is 0 Å². The second-order valence-corrected chi connectivity index (χ2v) is 6.30. The SMILES string of the molecule is CC(C)c1ccc(CN2CCC(CNC(=O)O)CC2)cc1. The molecule has 1 saturated heterocycles. The summed E-state index contributed by atoms with van der Waals surface area (Å²) in [6.07, 6.45) is 1.23. The number of likely N-dealkylation sites (tertiary alicyclic amines) is 1. The minimum atomic E-state index is -0.914. The fourth-order valence-corrected chi connectivity index (χ4v) is 2.85. The van der Waals surface area contributed by atoms with Gasteiger partial charge in [-0.05, 0) is 48.9 Å². The van der Waals surface area contributed by atoms with Gasteiger partial charge in [-0.1, -0.05) is 38.1 Å². The number of amides is 1. The smallest absolute Gasteiger partial charge is 0.404 e. The molecule has 21 heavy (non-hydrogen) atoms. The van der Waals surface area contributed by atoms with E-state index in [4.69, 9.17) is 5.11 Å². The third-order valence-electron chi connectivity index (χ3n) is 4.30. The molecule has 0 spiro atoms. The van der Waals surface area contributed by atoms with E-state index < -0.39 is 6.09 Å². The van der Waals surface area contributed by atoms with Gasteiger partial charge in [-0.2, -0.15) is 0 Å². The lowest BCUT2D eigenvalue weighted by Crippen LogP contribution is -2.37. The summed E-state index contributed by atoms with van der Waals surface area (Å²) in [7, 11) is 0. The van der Waals surface area contributed by atoms with Crippen molar-refractivity contribution >= 4 is 6.09 Å². The minimum absolute atomic E-state index is 0.487. The third kappa shape index (κ3) is 5.05. The van der Waals surface area contributed by atoms with Crippen LogP contribution in [0.25, 0.3) is 0 Å². The summed E-state index contributed by atoms with van der Waals surface area (Å²) in [5.41, 5.74) is 2.75. The molecular formula is C17H26N2O2. The molecule has 0 bridgehead atoms. The maximum atomic E-state index is 10.5. The van der Waals surface area contributed by atoms with Crippen molar-refractivity contribution in [2.24, 2.45) is 5.92 Å². The molecule has 4 heteroatoms. The number of nitrogens with zero attached hydrogens (tertiary/aromatic N) is 1. The summed E-state index contributed by atoms with van der Waals surface area (Å²) < 4.78 is 0. The molecule has 0 unspecified atom stereocenters. The molecule has 0 aliphatic carbocycles. The molecule has 4 nitrogen and oxygen atoms in total. The van der Waals surface area contributed by atoms with Crippen LogP contribution in [0.3, 0.4) is 0 Å². The summed E-state index contributed by atoms with van der Waals surface area (Å²) in [6, 6.07) is 8.91. The van der Waals surface area contributed by atoms with Crippen LogP contribution in [0.1, 0.15) is 43.7 Å². The second kappa shape index (κ2) is 7.46. The number of carbonyl (C=O) groups is 1. The zero-order valence-corrected chi connectivity index (χ0v) is 13.0. The molecular weight excluding hydrogens is 264 g/mol. The van der Waals surface area contributed by atoms with Crippen LogP contribution in [-0.2, 0) is 6.54 Å². The molecule has 0 atom stereocenters. The molecule has 2 rings (SSSR count). The molecule has 1 aliphatic rings. The lowest BCUT2D eigenvalue weighted by Gasteiger charge is -2.31. The van der Waals surface area contributed by atoms with E-state index in [0.29, 0.717) is 18.4 Å². The van der Waals surface area contributed by atoms with Gasteiger partial charge in [-0.3, -0.25) is 4.90 Å². The number of nitrogens with one attached hydrogen (secondary N) is 1. The van der Waals surface area contributed by atoms with Gasteiger partial charge in [0.1, 0.15) is 0 Å². The Labute approximate surface area is 127 Å². The fraction of sp³-hybridized carbons (Fsp3) is 0.588. The zero-order valence-electron chi connectivity index (χ0n) is 13.0. The minimum Gasteiger partial charge on any atom is -0.465 e. The summed E-state index contributed by atoms with van der Waals surface area (Å²) >= 11 is 0. The first-order valence-electron chi connectivity index (χ1n) is 7.82. The molecule has 0 radical (unpaired) electrons. The predicted octanol–water partition coefficient (Wildman–Crippen LogP) is 3.29. The van der Waals surface area contributed by atoms with Crippen molar-refractivity contribution in [2.45, 2.75) is 39.2 Å². The highest BCUT2D eigenvalue weighted by molar-refractivity contribution is 5.64. The molecule has 1 amide bonds. The van der Waals surface area contributed by atoms with Crippen molar-refractivity contribution in [1.82, 2.24) is 10.2 Å². The van der Waals surface area contributed by atoms with Gasteiger partial charge in [-0.15, -0.1) is 0 Å². The van der Waals surface area contributed by atoms with Crippen LogP contribution in [0.15, 0.2) is 24.3 Å². The monoisotopic (exact) mass is 290 g/mol. The van der Waals surface area contributed by atoms with Crippen molar-refractivity contribution in [1.29, 1.82) is 0 Å². The summed E-state index contributed by atoms with van der Waals surface area (Å²) in [5, 5.41) is 11.1. The van der Waals surface area contributed by atoms with E-state index in [2.05, 4.69) is 48.3 Å². The van der Waals surface area contributed by atoms with Gasteiger partial charge in [0.15, 0.2) is 0 Å². The standard InChI is InChI=1S/C17H26N2O2/c1-13(2)16-5-3-15(4-6-16)12-19-9-7-14(8-10-19)11-18-17(20)21/h3-6,13-14,18H,7-12H2,1-2H3,(H,20,21). The molecule has 1 fully saturated rings. The number of hydrogen-bond donors (Lipinski definition) is 2. The predicted molar refractivity (Wildman–Crippen MR) is 84.6 cm³/mol. The highest BCUT2D eigenvalue weighted by Crippen LogP contribution is 2.20. The van der Waals surface area contributed by atoms with Crippen molar-refractivity contribution in [3.63, 3.8) is 0 Å². The van der Waals surface area contributed by atoms with E-state index in [1.165, 1.54) is 11.1 Å². The van der Waals surface area contributed by atoms with Crippen LogP contribution in [0.5, 0.6) is 0 Å². The van der Waals surface area contributed by atoms with Gasteiger partial charge in [0.2, 0.25) is 0 Å². The Hall–Kier alpha value is -1.55. The van der Waals surface area contributed by atoms with Gasteiger partial charge >= 0.3 is 6.09 Å². The Morgan fingerprint density at radius 1 is 1.29 bits per heavy atom. The van der Waals surface area contributed by atoms with Gasteiger partial charge in [0.05, 0.1) is 0 Å². The molecule has 1 heterocycles. The molecule has 1 aromatic rings. The fourth-order valence-electron chi connectivity index (χ4n) is 2.85. The quantitative estimate of drug-likeness (QED) is 0.875. The Balaban J connectivity index is 1.76. The van der Waals surface area contributed by atoms with Crippen molar-refractivity contribution < 1.29 is 9.90 Å². The normalized spacial score (nSPS) is 17.1. The Morgan fingerprint density at radius 3 is 2.43 bits per heavy atom. The van der Waals surface area contributed by atoms with Crippen LogP contribution >= 0.6 is 0 Å². The van der Waals surface area contributed by atoms with Gasteiger partial charge in [0.25, 0.3) is 0 Å². The number of piperidine rings is 1. The highest BCUT2D eigenvalue weighted by Gasteiger charge is 2.19. The number of carboxylic acid groups (broad SMARTS) is 1. The maximum Gasteiger partial charge on any atom is 0.404 e. The van der Waals surface area contributed by atoms with Crippen molar-refractivity contribution in [2.75, 3.05) is 19.6 Å². The topological polar surface area (TPSA) is 52.6 Å². The van der Waals surface area contributed by atoms with Crippen LogP contribution < -0.4 is 5.32 Å². The van der Waals surface area contributed by atoms with E-state index in [-0.39, 0.29) is 0 Å². The van der Waals surface area contributed by atoms with E-state index in [0.717, 1.165) is 32.5 Å². The number of hydrogen-bond acceptors (Lipinski definition) is 2. The molecule has 0 aromatic heterocycles. The average Bonchev–Trinajstić information content (AvgIpc) is 2.47. The maximum absolute atomic E-state index is 10.5. The van der Waals surface area contributed by atoms with E-state index in [1.807, 2.05) is 0 Å². The molecule has 1 aromatic carbocycles. The van der Waals surface area contributed by atoms with Crippen LogP contribution in [0.4, 0.5) is 4.79 Å². The first-order valence-corrected chi connectivity index (χ1v) is 7.82. The lowest BCUT2D eigenvalue weighted by molar-refractivity contribution is 0.166. The molecule has 0 saturated carbocycles. The number of rotatable bonds is 5. The largest absolute Gasteiger partial charge is 0.465 e. The van der Waals surface area contributed by atoms with Gasteiger partial charge < -0.3 is 10.4 Å². The van der Waals surface area contributed by atoms with E-state index in [9.17, 15) is 4.79 Å². The first kappa shape index (κ1) is 15.8. The second-order valence-electron chi connectivity index (χ2n) is 6.30. The Morgan fingerprint density at radius 2 is 1.90 bits per heavy atom. The Bertz CT molecular complexity index is 448. The summed E-state index contributed by atoms with van der Waals surface area (Å²) in [4.78, 5) is 13.0. The first-order chi connectivity index (χ1) is 10.0. The van der Waals surface area contributed by atoms with E-state index >= 15 is 0 Å². The lowest BCUT2D eigenvalue weighted by atomic mass is 9.96. The summed E-state index contributed by atoms with van der Waals surface area (Å²) in [5.74, 6) is 1.07. The Kier molecular flexibility index (Phi) is 5.62. The van der Waals surface area contributed by atoms with Crippen molar-refractivity contribution in [3.8, 4) is 0 Å². The third-order valence-corrected chi connectivity index (χ3v) is 4.30. The van der Waals surface area contributed by atoms with E-state index in [1.54, 1.807) is 0 Å².